The monoisotopic (exact) mass is 276 g/mol. The minimum Gasteiger partial charge on any atom is -0.497 e. The number of hydrogen-bond donors (Lipinski definition) is 1. The molecule has 0 amide bonds. The second-order valence-electron chi connectivity index (χ2n) is 4.71. The minimum absolute atomic E-state index is 0. The second kappa shape index (κ2) is 5.59. The first kappa shape index (κ1) is 13.8. The van der Waals surface area contributed by atoms with Gasteiger partial charge in [-0.15, -0.1) is 12.4 Å². The van der Waals surface area contributed by atoms with Crippen molar-refractivity contribution in [2.24, 2.45) is 5.73 Å². The van der Waals surface area contributed by atoms with Gasteiger partial charge in [-0.3, -0.25) is 4.98 Å². The maximum absolute atomic E-state index is 5.84. The lowest BCUT2D eigenvalue weighted by atomic mass is 10.1. The van der Waals surface area contributed by atoms with Crippen LogP contribution in [0.15, 0.2) is 42.6 Å². The fourth-order valence-electron chi connectivity index (χ4n) is 2.18. The molecule has 1 fully saturated rings. The Morgan fingerprint density at radius 1 is 1.26 bits per heavy atom. The first-order chi connectivity index (χ1) is 8.78. The number of ether oxygens (including phenoxy) is 1. The van der Waals surface area contributed by atoms with Crippen LogP contribution in [0.25, 0.3) is 11.3 Å². The molecule has 1 aliphatic rings. The molecule has 1 aromatic carbocycles. The van der Waals surface area contributed by atoms with Crippen molar-refractivity contribution in [1.29, 1.82) is 0 Å². The Balaban J connectivity index is 0.00000133. The molecule has 1 aromatic heterocycles. The molecule has 1 heterocycles. The number of benzene rings is 1. The molecule has 0 spiro atoms. The van der Waals surface area contributed by atoms with Gasteiger partial charge in [0, 0.05) is 23.7 Å². The Bertz CT molecular complexity index is 556. The average Bonchev–Trinajstić information content (AvgIpc) is 3.16. The summed E-state index contributed by atoms with van der Waals surface area (Å²) in [5.41, 5.74) is 9.12. The molecule has 2 atom stereocenters. The van der Waals surface area contributed by atoms with E-state index in [2.05, 4.69) is 17.1 Å². The maximum atomic E-state index is 5.84. The average molecular weight is 277 g/mol. The molecule has 0 saturated heterocycles. The summed E-state index contributed by atoms with van der Waals surface area (Å²) in [7, 11) is 1.67. The van der Waals surface area contributed by atoms with Crippen LogP contribution >= 0.6 is 12.4 Å². The molecule has 100 valence electrons. The quantitative estimate of drug-likeness (QED) is 0.937. The third kappa shape index (κ3) is 2.88. The summed E-state index contributed by atoms with van der Waals surface area (Å²) < 4.78 is 5.22. The Kier molecular flexibility index (Phi) is 4.08. The molecule has 0 radical (unpaired) electrons. The van der Waals surface area contributed by atoms with E-state index in [-0.39, 0.29) is 12.4 Å². The van der Waals surface area contributed by atoms with Crippen LogP contribution in [-0.2, 0) is 0 Å². The van der Waals surface area contributed by atoms with Crippen LogP contribution < -0.4 is 10.5 Å². The van der Waals surface area contributed by atoms with Crippen molar-refractivity contribution in [2.75, 3.05) is 7.11 Å². The summed E-state index contributed by atoms with van der Waals surface area (Å²) in [6.07, 6.45) is 3.02. The van der Waals surface area contributed by atoms with Gasteiger partial charge in [0.25, 0.3) is 0 Å². The maximum Gasteiger partial charge on any atom is 0.119 e. The number of methoxy groups -OCH3 is 1. The molecule has 3 rings (SSSR count). The molecule has 3 nitrogen and oxygen atoms in total. The van der Waals surface area contributed by atoms with E-state index in [0.29, 0.717) is 12.0 Å². The highest BCUT2D eigenvalue weighted by Gasteiger charge is 2.34. The number of hydrogen-bond acceptors (Lipinski definition) is 3. The van der Waals surface area contributed by atoms with Gasteiger partial charge in [-0.25, -0.2) is 0 Å². The Morgan fingerprint density at radius 2 is 2.05 bits per heavy atom. The molecule has 0 aliphatic heterocycles. The lowest BCUT2D eigenvalue weighted by Gasteiger charge is -2.05. The fraction of sp³-hybridized carbons (Fsp3) is 0.267. The van der Waals surface area contributed by atoms with Crippen molar-refractivity contribution in [3.63, 3.8) is 0 Å². The van der Waals surface area contributed by atoms with E-state index in [1.165, 1.54) is 5.56 Å². The molecule has 19 heavy (non-hydrogen) atoms. The number of nitrogens with zero attached hydrogens (tertiary/aromatic N) is 1. The summed E-state index contributed by atoms with van der Waals surface area (Å²) >= 11 is 0. The van der Waals surface area contributed by atoms with E-state index >= 15 is 0 Å². The molecular weight excluding hydrogens is 260 g/mol. The smallest absolute Gasteiger partial charge is 0.119 e. The zero-order chi connectivity index (χ0) is 12.5. The van der Waals surface area contributed by atoms with Crippen LogP contribution in [0.3, 0.4) is 0 Å². The van der Waals surface area contributed by atoms with E-state index in [4.69, 9.17) is 10.5 Å². The first-order valence-corrected chi connectivity index (χ1v) is 6.14. The predicted molar refractivity (Wildman–Crippen MR) is 78.8 cm³/mol. The van der Waals surface area contributed by atoms with Gasteiger partial charge in [0.15, 0.2) is 0 Å². The van der Waals surface area contributed by atoms with Crippen molar-refractivity contribution < 1.29 is 4.74 Å². The molecule has 4 heteroatoms. The van der Waals surface area contributed by atoms with Crippen LogP contribution in [0.4, 0.5) is 0 Å². The number of rotatable bonds is 3. The van der Waals surface area contributed by atoms with E-state index in [0.717, 1.165) is 23.4 Å². The zero-order valence-corrected chi connectivity index (χ0v) is 11.6. The lowest BCUT2D eigenvalue weighted by Crippen LogP contribution is -2.01. The summed E-state index contributed by atoms with van der Waals surface area (Å²) in [6.45, 7) is 0. The van der Waals surface area contributed by atoms with E-state index in [1.54, 1.807) is 7.11 Å². The van der Waals surface area contributed by atoms with Crippen molar-refractivity contribution in [2.45, 2.75) is 18.4 Å². The predicted octanol–water partition coefficient (Wildman–Crippen LogP) is 2.99. The van der Waals surface area contributed by atoms with Gasteiger partial charge >= 0.3 is 0 Å². The standard InChI is InChI=1S/C15H16N2O.ClH/c1-18-12-4-2-3-10(7-12)15-6-5-11(9-17-15)13-8-14(13)16;/h2-7,9,13-14H,8,16H2,1H3;1H. The van der Waals surface area contributed by atoms with Crippen LogP contribution in [0, 0.1) is 0 Å². The first-order valence-electron chi connectivity index (χ1n) is 6.14. The molecule has 1 aliphatic carbocycles. The van der Waals surface area contributed by atoms with Crippen LogP contribution in [0.5, 0.6) is 5.75 Å². The topological polar surface area (TPSA) is 48.1 Å². The lowest BCUT2D eigenvalue weighted by molar-refractivity contribution is 0.415. The largest absolute Gasteiger partial charge is 0.497 e. The highest BCUT2D eigenvalue weighted by Crippen LogP contribution is 2.38. The summed E-state index contributed by atoms with van der Waals surface area (Å²) in [5.74, 6) is 1.36. The number of halogens is 1. The van der Waals surface area contributed by atoms with E-state index in [1.807, 2.05) is 30.5 Å². The molecule has 1 saturated carbocycles. The molecular formula is C15H17ClN2O. The normalized spacial score (nSPS) is 20.5. The SMILES string of the molecule is COc1cccc(-c2ccc(C3CC3N)cn2)c1.Cl. The van der Waals surface area contributed by atoms with Crippen molar-refractivity contribution >= 4 is 12.4 Å². The fourth-order valence-corrected chi connectivity index (χ4v) is 2.18. The third-order valence-corrected chi connectivity index (χ3v) is 3.42. The van der Waals surface area contributed by atoms with Crippen molar-refractivity contribution in [3.8, 4) is 17.0 Å². The second-order valence-corrected chi connectivity index (χ2v) is 4.71. The molecule has 0 bridgehead atoms. The minimum atomic E-state index is 0. The third-order valence-electron chi connectivity index (χ3n) is 3.42. The molecule has 2 unspecified atom stereocenters. The van der Waals surface area contributed by atoms with Gasteiger partial charge in [0.05, 0.1) is 12.8 Å². The van der Waals surface area contributed by atoms with Crippen molar-refractivity contribution in [1.82, 2.24) is 4.98 Å². The summed E-state index contributed by atoms with van der Waals surface area (Å²) in [4.78, 5) is 4.51. The van der Waals surface area contributed by atoms with Crippen LogP contribution in [-0.4, -0.2) is 18.1 Å². The summed E-state index contributed by atoms with van der Waals surface area (Å²) in [6, 6.07) is 12.4. The number of nitrogens with two attached hydrogens (primary N) is 1. The van der Waals surface area contributed by atoms with Gasteiger partial charge in [0.2, 0.25) is 0 Å². The Hall–Kier alpha value is -1.58. The number of aromatic nitrogens is 1. The van der Waals surface area contributed by atoms with Crippen LogP contribution in [0.2, 0.25) is 0 Å². The highest BCUT2D eigenvalue weighted by molar-refractivity contribution is 5.85. The van der Waals surface area contributed by atoms with Crippen molar-refractivity contribution in [3.05, 3.63) is 48.2 Å². The van der Waals surface area contributed by atoms with Gasteiger partial charge in [-0.05, 0) is 30.2 Å². The zero-order valence-electron chi connectivity index (χ0n) is 10.7. The molecule has 2 aromatic rings. The van der Waals surface area contributed by atoms with Gasteiger partial charge in [-0.2, -0.15) is 0 Å². The summed E-state index contributed by atoms with van der Waals surface area (Å²) in [5, 5.41) is 0. The number of pyridine rings is 1. The van der Waals surface area contributed by atoms with E-state index in [9.17, 15) is 0 Å². The van der Waals surface area contributed by atoms with E-state index < -0.39 is 0 Å². The Morgan fingerprint density at radius 3 is 2.63 bits per heavy atom. The van der Waals surface area contributed by atoms with Gasteiger partial charge in [-0.1, -0.05) is 18.2 Å². The van der Waals surface area contributed by atoms with Gasteiger partial charge in [0.1, 0.15) is 5.75 Å². The highest BCUT2D eigenvalue weighted by atomic mass is 35.5. The van der Waals surface area contributed by atoms with Crippen LogP contribution in [0.1, 0.15) is 17.9 Å². The van der Waals surface area contributed by atoms with Gasteiger partial charge < -0.3 is 10.5 Å². The Labute approximate surface area is 119 Å². The molecule has 2 N–H and O–H groups in total.